The molecule has 3 saturated heterocycles. The number of carbonyl (C=O) groups is 1. The molecule has 3 aliphatic heterocycles. The number of nitrogens with zero attached hydrogens (tertiary/aromatic N) is 2. The highest BCUT2D eigenvalue weighted by atomic mass is 32.2. The summed E-state index contributed by atoms with van der Waals surface area (Å²) in [6.07, 6.45) is 3.48. The van der Waals surface area contributed by atoms with E-state index in [1.807, 2.05) is 0 Å². The van der Waals surface area contributed by atoms with Crippen LogP contribution in [0.25, 0.3) is 0 Å². The second-order valence-electron chi connectivity index (χ2n) is 7.37. The average molecular weight is 394 g/mol. The molecule has 1 aromatic rings. The van der Waals surface area contributed by atoms with E-state index in [2.05, 4.69) is 0 Å². The van der Waals surface area contributed by atoms with Crippen LogP contribution in [0.1, 0.15) is 32.1 Å². The Morgan fingerprint density at radius 1 is 1.00 bits per heavy atom. The number of ether oxygens (including phenoxy) is 2. The van der Waals surface area contributed by atoms with Crippen LogP contribution in [0.2, 0.25) is 0 Å². The van der Waals surface area contributed by atoms with Gasteiger partial charge in [0.2, 0.25) is 15.9 Å². The molecule has 1 atom stereocenters. The maximum Gasteiger partial charge on any atom is 0.243 e. The Bertz CT molecular complexity index is 767. The molecule has 3 fully saturated rings. The molecule has 0 aromatic heterocycles. The first-order chi connectivity index (χ1) is 13.0. The van der Waals surface area contributed by atoms with Crippen molar-refractivity contribution in [2.45, 2.75) is 48.8 Å². The van der Waals surface area contributed by atoms with Crippen molar-refractivity contribution in [2.24, 2.45) is 0 Å². The number of hydrogen-bond donors (Lipinski definition) is 0. The molecule has 0 bridgehead atoms. The van der Waals surface area contributed by atoms with E-state index in [4.69, 9.17) is 9.47 Å². The number of rotatable bonds is 3. The lowest BCUT2D eigenvalue weighted by molar-refractivity contribution is -0.188. The van der Waals surface area contributed by atoms with E-state index in [9.17, 15) is 13.2 Å². The van der Waals surface area contributed by atoms with Gasteiger partial charge in [0.1, 0.15) is 6.04 Å². The van der Waals surface area contributed by atoms with Gasteiger partial charge in [0, 0.05) is 32.5 Å². The zero-order valence-corrected chi connectivity index (χ0v) is 16.2. The van der Waals surface area contributed by atoms with Crippen LogP contribution in [0.5, 0.6) is 0 Å². The minimum absolute atomic E-state index is 0.0953. The van der Waals surface area contributed by atoms with Gasteiger partial charge in [0.15, 0.2) is 5.79 Å². The Labute approximate surface area is 160 Å². The van der Waals surface area contributed by atoms with Gasteiger partial charge in [0.25, 0.3) is 0 Å². The van der Waals surface area contributed by atoms with Gasteiger partial charge in [-0.15, -0.1) is 0 Å². The summed E-state index contributed by atoms with van der Waals surface area (Å²) in [5.74, 6) is -0.638. The van der Waals surface area contributed by atoms with E-state index in [-0.39, 0.29) is 10.8 Å². The lowest BCUT2D eigenvalue weighted by Gasteiger charge is -2.41. The SMILES string of the molecule is O=C(C1CCCCN1S(=O)(=O)c1ccccc1)N1CCC2(CC1)OCCO2. The van der Waals surface area contributed by atoms with Crippen LogP contribution in [0.3, 0.4) is 0 Å². The number of carbonyl (C=O) groups excluding carboxylic acids is 1. The first-order valence-corrected chi connectivity index (χ1v) is 11.1. The monoisotopic (exact) mass is 394 g/mol. The predicted molar refractivity (Wildman–Crippen MR) is 98.4 cm³/mol. The molecule has 3 aliphatic rings. The summed E-state index contributed by atoms with van der Waals surface area (Å²) in [4.78, 5) is 15.2. The summed E-state index contributed by atoms with van der Waals surface area (Å²) in [7, 11) is -3.68. The molecule has 1 unspecified atom stereocenters. The normalized spacial score (nSPS) is 26.4. The molecule has 1 spiro atoms. The molecule has 0 radical (unpaired) electrons. The second kappa shape index (κ2) is 7.50. The Morgan fingerprint density at radius 3 is 2.33 bits per heavy atom. The van der Waals surface area contributed by atoms with Crippen molar-refractivity contribution in [3.05, 3.63) is 30.3 Å². The Balaban J connectivity index is 1.50. The van der Waals surface area contributed by atoms with E-state index in [0.29, 0.717) is 52.1 Å². The first-order valence-electron chi connectivity index (χ1n) is 9.65. The van der Waals surface area contributed by atoms with Gasteiger partial charge in [-0.2, -0.15) is 4.31 Å². The summed E-state index contributed by atoms with van der Waals surface area (Å²) in [6.45, 7) is 2.65. The van der Waals surface area contributed by atoms with Crippen molar-refractivity contribution in [1.29, 1.82) is 0 Å². The van der Waals surface area contributed by atoms with Crippen LogP contribution >= 0.6 is 0 Å². The minimum Gasteiger partial charge on any atom is -0.347 e. The highest BCUT2D eigenvalue weighted by Gasteiger charge is 2.44. The smallest absolute Gasteiger partial charge is 0.243 e. The Hall–Kier alpha value is -1.48. The van der Waals surface area contributed by atoms with Crippen molar-refractivity contribution in [3.63, 3.8) is 0 Å². The average Bonchev–Trinajstić information content (AvgIpc) is 3.16. The number of hydrogen-bond acceptors (Lipinski definition) is 5. The van der Waals surface area contributed by atoms with Crippen molar-refractivity contribution in [2.75, 3.05) is 32.8 Å². The summed E-state index contributed by atoms with van der Waals surface area (Å²) in [6, 6.07) is 7.76. The molecule has 3 heterocycles. The molecule has 148 valence electrons. The molecule has 0 aliphatic carbocycles. The number of piperidine rings is 2. The Kier molecular flexibility index (Phi) is 5.24. The van der Waals surface area contributed by atoms with Gasteiger partial charge >= 0.3 is 0 Å². The highest BCUT2D eigenvalue weighted by Crippen LogP contribution is 2.33. The van der Waals surface area contributed by atoms with Crippen LogP contribution < -0.4 is 0 Å². The largest absolute Gasteiger partial charge is 0.347 e. The molecule has 8 heteroatoms. The van der Waals surface area contributed by atoms with E-state index in [0.717, 1.165) is 12.8 Å². The molecule has 1 amide bonds. The third kappa shape index (κ3) is 3.63. The van der Waals surface area contributed by atoms with E-state index >= 15 is 0 Å². The van der Waals surface area contributed by atoms with Gasteiger partial charge in [-0.3, -0.25) is 4.79 Å². The Morgan fingerprint density at radius 2 is 1.67 bits per heavy atom. The fraction of sp³-hybridized carbons (Fsp3) is 0.632. The van der Waals surface area contributed by atoms with Gasteiger partial charge < -0.3 is 14.4 Å². The highest BCUT2D eigenvalue weighted by molar-refractivity contribution is 7.89. The molecule has 0 N–H and O–H groups in total. The van der Waals surface area contributed by atoms with E-state index < -0.39 is 21.9 Å². The fourth-order valence-electron chi connectivity index (χ4n) is 4.23. The molecule has 4 rings (SSSR count). The number of likely N-dealkylation sites (tertiary alicyclic amines) is 1. The molecule has 0 saturated carbocycles. The number of benzene rings is 1. The maximum atomic E-state index is 13.2. The van der Waals surface area contributed by atoms with Crippen LogP contribution in [-0.2, 0) is 24.3 Å². The zero-order valence-electron chi connectivity index (χ0n) is 15.4. The minimum atomic E-state index is -3.68. The standard InChI is InChI=1S/C19H26N2O5S/c22-18(20-12-9-19(10-13-20)25-14-15-26-19)17-8-4-5-11-21(17)27(23,24)16-6-2-1-3-7-16/h1-3,6-7,17H,4-5,8-15H2. The van der Waals surface area contributed by atoms with Gasteiger partial charge in [-0.05, 0) is 25.0 Å². The van der Waals surface area contributed by atoms with Crippen LogP contribution in [0.15, 0.2) is 35.2 Å². The molecule has 27 heavy (non-hydrogen) atoms. The molecule has 7 nitrogen and oxygen atoms in total. The topological polar surface area (TPSA) is 76.2 Å². The summed E-state index contributed by atoms with van der Waals surface area (Å²) < 4.78 is 39.1. The van der Waals surface area contributed by atoms with Crippen LogP contribution in [-0.4, -0.2) is 68.2 Å². The van der Waals surface area contributed by atoms with Crippen LogP contribution in [0, 0.1) is 0 Å². The third-order valence-corrected chi connectivity index (χ3v) is 7.66. The number of sulfonamides is 1. The molecular formula is C19H26N2O5S. The quantitative estimate of drug-likeness (QED) is 0.778. The molecule has 1 aromatic carbocycles. The second-order valence-corrected chi connectivity index (χ2v) is 9.26. The predicted octanol–water partition coefficient (Wildman–Crippen LogP) is 1.60. The summed E-state index contributed by atoms with van der Waals surface area (Å²) >= 11 is 0. The third-order valence-electron chi connectivity index (χ3n) is 5.74. The van der Waals surface area contributed by atoms with Gasteiger partial charge in [-0.25, -0.2) is 8.42 Å². The molecular weight excluding hydrogens is 368 g/mol. The van der Waals surface area contributed by atoms with E-state index in [1.165, 1.54) is 4.31 Å². The van der Waals surface area contributed by atoms with Crippen molar-refractivity contribution in [3.8, 4) is 0 Å². The van der Waals surface area contributed by atoms with Crippen LogP contribution in [0.4, 0.5) is 0 Å². The van der Waals surface area contributed by atoms with Gasteiger partial charge in [0.05, 0.1) is 18.1 Å². The summed E-state index contributed by atoms with van der Waals surface area (Å²) in [5, 5.41) is 0. The fourth-order valence-corrected chi connectivity index (χ4v) is 5.90. The van der Waals surface area contributed by atoms with Gasteiger partial charge in [-0.1, -0.05) is 24.6 Å². The van der Waals surface area contributed by atoms with Crippen molar-refractivity contribution in [1.82, 2.24) is 9.21 Å². The summed E-state index contributed by atoms with van der Waals surface area (Å²) in [5.41, 5.74) is 0. The lowest BCUT2D eigenvalue weighted by Crippen LogP contribution is -2.56. The maximum absolute atomic E-state index is 13.2. The van der Waals surface area contributed by atoms with Crippen molar-refractivity contribution >= 4 is 15.9 Å². The lowest BCUT2D eigenvalue weighted by atomic mass is 10.00. The zero-order chi connectivity index (χ0) is 18.9. The first kappa shape index (κ1) is 18.9. The number of amides is 1. The van der Waals surface area contributed by atoms with E-state index in [1.54, 1.807) is 35.2 Å². The van der Waals surface area contributed by atoms with Crippen molar-refractivity contribution < 1.29 is 22.7 Å².